The summed E-state index contributed by atoms with van der Waals surface area (Å²) in [7, 11) is 0. The molecular weight excluding hydrogens is 356 g/mol. The van der Waals surface area contributed by atoms with Gasteiger partial charge in [-0.2, -0.15) is 0 Å². The maximum atomic E-state index is 12.9. The van der Waals surface area contributed by atoms with Crippen LogP contribution in [0.1, 0.15) is 16.7 Å². The van der Waals surface area contributed by atoms with Crippen LogP contribution in [0.15, 0.2) is 72.8 Å². The van der Waals surface area contributed by atoms with Crippen LogP contribution in [0.5, 0.6) is 5.75 Å². The molecule has 1 N–H and O–H groups in total. The second-order valence-electron chi connectivity index (χ2n) is 5.75. The number of hydrogen-bond donors (Lipinski definition) is 1. The van der Waals surface area contributed by atoms with Gasteiger partial charge in [-0.05, 0) is 41.5 Å². The van der Waals surface area contributed by atoms with Crippen LogP contribution in [0.3, 0.4) is 0 Å². The number of ether oxygens (including phenoxy) is 1. The van der Waals surface area contributed by atoms with Gasteiger partial charge in [-0.3, -0.25) is 0 Å². The second-order valence-corrected chi connectivity index (χ2v) is 5.75. The van der Waals surface area contributed by atoms with E-state index in [0.29, 0.717) is 19.7 Å². The maximum absolute atomic E-state index is 12.9. The highest BCUT2D eigenvalue weighted by atomic mass is 35.5. The third kappa shape index (κ3) is 5.83. The molecule has 26 heavy (non-hydrogen) atoms. The van der Waals surface area contributed by atoms with Crippen molar-refractivity contribution in [3.8, 4) is 5.75 Å². The van der Waals surface area contributed by atoms with Gasteiger partial charge in [0.15, 0.2) is 0 Å². The summed E-state index contributed by atoms with van der Waals surface area (Å²) in [5.74, 6) is 0.302. The Kier molecular flexibility index (Phi) is 7.57. The van der Waals surface area contributed by atoms with E-state index >= 15 is 0 Å². The van der Waals surface area contributed by atoms with Gasteiger partial charge in [-0.15, -0.1) is 12.4 Å². The van der Waals surface area contributed by atoms with Crippen molar-refractivity contribution < 1.29 is 13.5 Å². The van der Waals surface area contributed by atoms with Crippen molar-refractivity contribution >= 4 is 12.4 Å². The van der Waals surface area contributed by atoms with Crippen molar-refractivity contribution in [2.75, 3.05) is 0 Å². The fraction of sp³-hybridized carbons (Fsp3) is 0.143. The van der Waals surface area contributed by atoms with Gasteiger partial charge in [-0.25, -0.2) is 8.78 Å². The zero-order valence-corrected chi connectivity index (χ0v) is 14.9. The number of rotatable bonds is 7. The van der Waals surface area contributed by atoms with E-state index in [1.54, 1.807) is 24.3 Å². The molecule has 0 radical (unpaired) electrons. The number of nitrogens with one attached hydrogen (secondary N) is 1. The van der Waals surface area contributed by atoms with Gasteiger partial charge < -0.3 is 10.1 Å². The Bertz CT molecular complexity index is 807. The lowest BCUT2D eigenvalue weighted by Gasteiger charge is -2.12. The first kappa shape index (κ1) is 19.9. The molecule has 0 amide bonds. The van der Waals surface area contributed by atoms with Crippen LogP contribution in [-0.4, -0.2) is 0 Å². The van der Waals surface area contributed by atoms with Crippen LogP contribution >= 0.6 is 12.4 Å². The SMILES string of the molecule is Cl.Fc1ccc(CNCc2ccccc2OCc2ccc(F)cc2)cc1. The van der Waals surface area contributed by atoms with Crippen LogP contribution < -0.4 is 10.1 Å². The van der Waals surface area contributed by atoms with Crippen LogP contribution in [0.4, 0.5) is 8.78 Å². The predicted octanol–water partition coefficient (Wildman–Crippen LogP) is 5.26. The topological polar surface area (TPSA) is 21.3 Å². The molecule has 0 fully saturated rings. The van der Waals surface area contributed by atoms with Crippen molar-refractivity contribution in [1.29, 1.82) is 0 Å². The average Bonchev–Trinajstić information content (AvgIpc) is 2.64. The monoisotopic (exact) mass is 375 g/mol. The summed E-state index contributed by atoms with van der Waals surface area (Å²) in [6.07, 6.45) is 0. The smallest absolute Gasteiger partial charge is 0.124 e. The van der Waals surface area contributed by atoms with Crippen LogP contribution in [-0.2, 0) is 19.7 Å². The van der Waals surface area contributed by atoms with Gasteiger partial charge in [0.1, 0.15) is 24.0 Å². The molecule has 0 aromatic heterocycles. The fourth-order valence-corrected chi connectivity index (χ4v) is 2.48. The minimum atomic E-state index is -0.255. The van der Waals surface area contributed by atoms with Crippen LogP contribution in [0.2, 0.25) is 0 Å². The van der Waals surface area contributed by atoms with Crippen molar-refractivity contribution in [1.82, 2.24) is 5.32 Å². The first-order valence-electron chi connectivity index (χ1n) is 8.11. The standard InChI is InChI=1S/C21H19F2NO.ClH/c22-19-9-5-16(6-10-19)13-24-14-18-3-1-2-4-21(18)25-15-17-7-11-20(23)12-8-17;/h1-12,24H,13-15H2;1H. The van der Waals surface area contributed by atoms with Crippen molar-refractivity contribution in [2.45, 2.75) is 19.7 Å². The molecule has 3 aromatic rings. The fourth-order valence-electron chi connectivity index (χ4n) is 2.48. The first-order chi connectivity index (χ1) is 12.2. The Morgan fingerprint density at radius 3 is 1.92 bits per heavy atom. The Labute approximate surface area is 158 Å². The Hall–Kier alpha value is -2.43. The zero-order chi connectivity index (χ0) is 17.5. The van der Waals surface area contributed by atoms with E-state index in [1.807, 2.05) is 24.3 Å². The summed E-state index contributed by atoms with van der Waals surface area (Å²) in [6, 6.07) is 20.5. The molecule has 0 aliphatic carbocycles. The van der Waals surface area contributed by atoms with Gasteiger partial charge in [0.25, 0.3) is 0 Å². The number of benzene rings is 3. The molecule has 0 aliphatic heterocycles. The first-order valence-corrected chi connectivity index (χ1v) is 8.11. The number of halogens is 3. The zero-order valence-electron chi connectivity index (χ0n) is 14.1. The highest BCUT2D eigenvalue weighted by Crippen LogP contribution is 2.19. The lowest BCUT2D eigenvalue weighted by molar-refractivity contribution is 0.302. The van der Waals surface area contributed by atoms with Gasteiger partial charge >= 0.3 is 0 Å². The largest absolute Gasteiger partial charge is 0.489 e. The summed E-state index contributed by atoms with van der Waals surface area (Å²) < 4.78 is 31.7. The molecule has 0 bridgehead atoms. The molecule has 3 aromatic carbocycles. The summed E-state index contributed by atoms with van der Waals surface area (Å²) in [5, 5.41) is 3.33. The molecule has 0 aliphatic rings. The molecule has 2 nitrogen and oxygen atoms in total. The normalized spacial score (nSPS) is 10.2. The summed E-state index contributed by atoms with van der Waals surface area (Å²) >= 11 is 0. The van der Waals surface area contributed by atoms with E-state index in [9.17, 15) is 8.78 Å². The molecule has 0 atom stereocenters. The number of hydrogen-bond acceptors (Lipinski definition) is 2. The lowest BCUT2D eigenvalue weighted by Crippen LogP contribution is -2.13. The van der Waals surface area contributed by atoms with Gasteiger partial charge in [0, 0.05) is 18.7 Å². The Balaban J connectivity index is 0.00000243. The molecule has 136 valence electrons. The number of para-hydroxylation sites is 1. The second kappa shape index (κ2) is 9.90. The van der Waals surface area contributed by atoms with E-state index in [0.717, 1.165) is 22.4 Å². The van der Waals surface area contributed by atoms with E-state index in [1.165, 1.54) is 24.3 Å². The van der Waals surface area contributed by atoms with E-state index in [-0.39, 0.29) is 24.0 Å². The molecule has 3 rings (SSSR count). The van der Waals surface area contributed by atoms with Crippen LogP contribution in [0.25, 0.3) is 0 Å². The lowest BCUT2D eigenvalue weighted by atomic mass is 10.1. The van der Waals surface area contributed by atoms with Crippen molar-refractivity contribution in [2.24, 2.45) is 0 Å². The van der Waals surface area contributed by atoms with E-state index in [2.05, 4.69) is 5.32 Å². The molecule has 5 heteroatoms. The molecule has 0 spiro atoms. The summed E-state index contributed by atoms with van der Waals surface area (Å²) in [4.78, 5) is 0. The third-order valence-corrected chi connectivity index (χ3v) is 3.84. The van der Waals surface area contributed by atoms with Crippen LogP contribution in [0, 0.1) is 11.6 Å². The average molecular weight is 376 g/mol. The predicted molar refractivity (Wildman–Crippen MR) is 101 cm³/mol. The van der Waals surface area contributed by atoms with Gasteiger partial charge in [0.05, 0.1) is 0 Å². The summed E-state index contributed by atoms with van der Waals surface area (Å²) in [5.41, 5.74) is 2.97. The highest BCUT2D eigenvalue weighted by Gasteiger charge is 2.04. The minimum Gasteiger partial charge on any atom is -0.489 e. The van der Waals surface area contributed by atoms with E-state index < -0.39 is 0 Å². The Morgan fingerprint density at radius 1 is 0.692 bits per heavy atom. The third-order valence-electron chi connectivity index (χ3n) is 3.84. The van der Waals surface area contributed by atoms with E-state index in [4.69, 9.17) is 4.74 Å². The minimum absolute atomic E-state index is 0. The quantitative estimate of drug-likeness (QED) is 0.608. The van der Waals surface area contributed by atoms with Crippen molar-refractivity contribution in [3.05, 3.63) is 101 Å². The molecule has 0 unspecified atom stereocenters. The molecule has 0 saturated heterocycles. The van der Waals surface area contributed by atoms with Gasteiger partial charge in [-0.1, -0.05) is 42.5 Å². The Morgan fingerprint density at radius 2 is 1.27 bits per heavy atom. The summed E-state index contributed by atoms with van der Waals surface area (Å²) in [6.45, 7) is 1.67. The van der Waals surface area contributed by atoms with Crippen molar-refractivity contribution in [3.63, 3.8) is 0 Å². The molecule has 0 heterocycles. The van der Waals surface area contributed by atoms with Gasteiger partial charge in [0.2, 0.25) is 0 Å². The highest BCUT2D eigenvalue weighted by molar-refractivity contribution is 5.85. The maximum Gasteiger partial charge on any atom is 0.124 e. The molecular formula is C21H20ClF2NO. The molecule has 0 saturated carbocycles.